The number of aliphatic hydroxyl groups excluding tert-OH is 1. The minimum absolute atomic E-state index is 0.239. The molecule has 0 spiro atoms. The predicted octanol–water partition coefficient (Wildman–Crippen LogP) is 2.93. The molecule has 0 amide bonds. The first-order valence-corrected chi connectivity index (χ1v) is 6.98. The molecule has 3 heteroatoms. The van der Waals surface area contributed by atoms with Gasteiger partial charge in [0.15, 0.2) is 6.10 Å². The molecular formula is C18H22O3. The summed E-state index contributed by atoms with van der Waals surface area (Å²) >= 11 is 0. The minimum Gasteiger partial charge on any atom is -0.464 e. The maximum Gasteiger partial charge on any atom is 0.339 e. The van der Waals surface area contributed by atoms with E-state index < -0.39 is 12.1 Å². The van der Waals surface area contributed by atoms with Crippen molar-refractivity contribution in [2.24, 2.45) is 5.41 Å². The molecule has 0 aromatic heterocycles. The molecule has 1 atom stereocenters. The van der Waals surface area contributed by atoms with Crippen molar-refractivity contribution in [3.63, 3.8) is 0 Å². The number of benzene rings is 1. The van der Waals surface area contributed by atoms with Gasteiger partial charge in [-0.3, -0.25) is 0 Å². The number of rotatable bonds is 3. The molecule has 3 nitrogen and oxygen atoms in total. The molecule has 0 aliphatic heterocycles. The number of hydrogen-bond acceptors (Lipinski definition) is 3. The van der Waals surface area contributed by atoms with E-state index >= 15 is 0 Å². The van der Waals surface area contributed by atoms with Crippen molar-refractivity contribution < 1.29 is 14.6 Å². The second-order valence-corrected chi connectivity index (χ2v) is 5.64. The summed E-state index contributed by atoms with van der Waals surface area (Å²) in [5.74, 6) is 5.25. The molecule has 0 radical (unpaired) electrons. The number of hydrogen-bond donors (Lipinski definition) is 1. The topological polar surface area (TPSA) is 46.5 Å². The fraction of sp³-hybridized carbons (Fsp3) is 0.389. The van der Waals surface area contributed by atoms with Gasteiger partial charge in [0.1, 0.15) is 0 Å². The van der Waals surface area contributed by atoms with Crippen LogP contribution in [0.15, 0.2) is 42.0 Å². The summed E-state index contributed by atoms with van der Waals surface area (Å²) in [7, 11) is 0. The lowest BCUT2D eigenvalue weighted by Crippen LogP contribution is -2.31. The molecule has 1 N–H and O–H groups in total. The standard InChI is InChI=1S/C18H22O3/c1-5-21-17(20)16(19)15(18(2,3)4)13-9-12-14-10-7-6-8-11-14/h6-8,10-11,13,16,19H,5H2,1-4H3/b15-13-/t16-/m1/s1. The molecule has 0 aliphatic carbocycles. The van der Waals surface area contributed by atoms with Crippen LogP contribution in [0.25, 0.3) is 0 Å². The Kier molecular flexibility index (Phi) is 6.20. The number of allylic oxidation sites excluding steroid dienone is 1. The highest BCUT2D eigenvalue weighted by atomic mass is 16.5. The Bertz CT molecular complexity index is 554. The fourth-order valence-electron chi connectivity index (χ4n) is 1.77. The first-order chi connectivity index (χ1) is 9.86. The monoisotopic (exact) mass is 286 g/mol. The zero-order chi connectivity index (χ0) is 15.9. The summed E-state index contributed by atoms with van der Waals surface area (Å²) in [6.07, 6.45) is 0.323. The Balaban J connectivity index is 3.02. The second kappa shape index (κ2) is 7.66. The summed E-state index contributed by atoms with van der Waals surface area (Å²) in [4.78, 5) is 11.7. The SMILES string of the molecule is CCOC(=O)[C@H](O)/C(=C/C#Cc1ccccc1)C(C)(C)C. The largest absolute Gasteiger partial charge is 0.464 e. The van der Waals surface area contributed by atoms with Crippen molar-refractivity contribution in [2.45, 2.75) is 33.8 Å². The summed E-state index contributed by atoms with van der Waals surface area (Å²) in [6.45, 7) is 7.71. The van der Waals surface area contributed by atoms with Gasteiger partial charge in [0.25, 0.3) is 0 Å². The fourth-order valence-corrected chi connectivity index (χ4v) is 1.77. The number of aliphatic hydroxyl groups is 1. The van der Waals surface area contributed by atoms with Crippen LogP contribution in [0.1, 0.15) is 33.3 Å². The average Bonchev–Trinajstić information content (AvgIpc) is 2.43. The van der Waals surface area contributed by atoms with Gasteiger partial charge < -0.3 is 9.84 Å². The first kappa shape index (κ1) is 17.0. The van der Waals surface area contributed by atoms with Gasteiger partial charge in [-0.1, -0.05) is 50.8 Å². The Morgan fingerprint density at radius 2 is 1.95 bits per heavy atom. The zero-order valence-corrected chi connectivity index (χ0v) is 13.0. The van der Waals surface area contributed by atoms with E-state index in [1.165, 1.54) is 0 Å². The van der Waals surface area contributed by atoms with Crippen LogP contribution in [0.3, 0.4) is 0 Å². The smallest absolute Gasteiger partial charge is 0.339 e. The minimum atomic E-state index is -1.28. The van der Waals surface area contributed by atoms with Gasteiger partial charge in [0.05, 0.1) is 6.61 Å². The summed E-state index contributed by atoms with van der Waals surface area (Å²) in [5, 5.41) is 10.1. The summed E-state index contributed by atoms with van der Waals surface area (Å²) in [5.41, 5.74) is 1.05. The van der Waals surface area contributed by atoms with Crippen LogP contribution in [0, 0.1) is 17.3 Å². The molecule has 1 aromatic carbocycles. The van der Waals surface area contributed by atoms with Crippen molar-refractivity contribution in [1.29, 1.82) is 0 Å². The summed E-state index contributed by atoms with van der Waals surface area (Å²) in [6, 6.07) is 9.54. The van der Waals surface area contributed by atoms with E-state index in [1.54, 1.807) is 13.0 Å². The van der Waals surface area contributed by atoms with Crippen molar-refractivity contribution in [1.82, 2.24) is 0 Å². The van der Waals surface area contributed by atoms with Crippen molar-refractivity contribution in [3.8, 4) is 11.8 Å². The van der Waals surface area contributed by atoms with Crippen molar-refractivity contribution >= 4 is 5.97 Å². The highest BCUT2D eigenvalue weighted by Crippen LogP contribution is 2.28. The van der Waals surface area contributed by atoms with Crippen LogP contribution in [0.4, 0.5) is 0 Å². The van der Waals surface area contributed by atoms with E-state index in [0.29, 0.717) is 5.57 Å². The third kappa shape index (κ3) is 5.45. The molecule has 1 aromatic rings. The molecule has 112 valence electrons. The molecule has 0 heterocycles. The number of carbonyl (C=O) groups is 1. The van der Waals surface area contributed by atoms with E-state index in [0.717, 1.165) is 5.56 Å². The van der Waals surface area contributed by atoms with Crippen LogP contribution >= 0.6 is 0 Å². The molecule has 0 unspecified atom stereocenters. The van der Waals surface area contributed by atoms with Gasteiger partial charge in [-0.25, -0.2) is 4.79 Å². The lowest BCUT2D eigenvalue weighted by atomic mass is 9.83. The maximum absolute atomic E-state index is 11.7. The van der Waals surface area contributed by atoms with E-state index in [4.69, 9.17) is 4.74 Å². The molecular weight excluding hydrogens is 264 g/mol. The van der Waals surface area contributed by atoms with Crippen LogP contribution < -0.4 is 0 Å². The lowest BCUT2D eigenvalue weighted by molar-refractivity contribution is -0.151. The molecule has 0 saturated carbocycles. The second-order valence-electron chi connectivity index (χ2n) is 5.64. The third-order valence-electron chi connectivity index (χ3n) is 2.89. The lowest BCUT2D eigenvalue weighted by Gasteiger charge is -2.25. The van der Waals surface area contributed by atoms with Crippen LogP contribution in [-0.4, -0.2) is 23.8 Å². The van der Waals surface area contributed by atoms with Crippen LogP contribution in [0.5, 0.6) is 0 Å². The van der Waals surface area contributed by atoms with E-state index in [9.17, 15) is 9.90 Å². The Morgan fingerprint density at radius 3 is 2.48 bits per heavy atom. The highest BCUT2D eigenvalue weighted by molar-refractivity contribution is 5.78. The Morgan fingerprint density at radius 1 is 1.33 bits per heavy atom. The average molecular weight is 286 g/mol. The number of ether oxygens (including phenoxy) is 1. The Labute approximate surface area is 126 Å². The van der Waals surface area contributed by atoms with Gasteiger partial charge in [-0.05, 0) is 36.1 Å². The van der Waals surface area contributed by atoms with Gasteiger partial charge >= 0.3 is 5.97 Å². The van der Waals surface area contributed by atoms with E-state index in [-0.39, 0.29) is 12.0 Å². The van der Waals surface area contributed by atoms with E-state index in [1.807, 2.05) is 51.1 Å². The molecule has 0 fully saturated rings. The molecule has 0 saturated heterocycles. The quantitative estimate of drug-likeness (QED) is 0.686. The van der Waals surface area contributed by atoms with Crippen LogP contribution in [0.2, 0.25) is 0 Å². The molecule has 0 bridgehead atoms. The van der Waals surface area contributed by atoms with Gasteiger partial charge in [0.2, 0.25) is 0 Å². The maximum atomic E-state index is 11.7. The van der Waals surface area contributed by atoms with Gasteiger partial charge in [0, 0.05) is 5.56 Å². The van der Waals surface area contributed by atoms with Crippen molar-refractivity contribution in [2.75, 3.05) is 6.61 Å². The Hall–Kier alpha value is -2.05. The number of esters is 1. The molecule has 21 heavy (non-hydrogen) atoms. The molecule has 1 rings (SSSR count). The highest BCUT2D eigenvalue weighted by Gasteiger charge is 2.29. The molecule has 0 aliphatic rings. The van der Waals surface area contributed by atoms with Gasteiger partial charge in [-0.15, -0.1) is 0 Å². The van der Waals surface area contributed by atoms with Gasteiger partial charge in [-0.2, -0.15) is 0 Å². The normalized spacial score (nSPS) is 13.1. The summed E-state index contributed by atoms with van der Waals surface area (Å²) < 4.78 is 4.87. The predicted molar refractivity (Wildman–Crippen MR) is 83.5 cm³/mol. The van der Waals surface area contributed by atoms with Crippen LogP contribution in [-0.2, 0) is 9.53 Å². The van der Waals surface area contributed by atoms with E-state index in [2.05, 4.69) is 11.8 Å². The van der Waals surface area contributed by atoms with Crippen molar-refractivity contribution in [3.05, 3.63) is 47.5 Å². The number of carbonyl (C=O) groups excluding carboxylic acids is 1. The zero-order valence-electron chi connectivity index (χ0n) is 13.0. The third-order valence-corrected chi connectivity index (χ3v) is 2.89. The first-order valence-electron chi connectivity index (χ1n) is 6.98.